The lowest BCUT2D eigenvalue weighted by atomic mass is 9.86. The minimum absolute atomic E-state index is 0.0599. The molecule has 1 aliphatic heterocycles. The second-order valence-electron chi connectivity index (χ2n) is 7.29. The van der Waals surface area contributed by atoms with E-state index in [0.29, 0.717) is 18.2 Å². The highest BCUT2D eigenvalue weighted by molar-refractivity contribution is 6.31. The van der Waals surface area contributed by atoms with Crippen LogP contribution in [0.15, 0.2) is 47.5 Å². The van der Waals surface area contributed by atoms with E-state index in [1.807, 2.05) is 49.4 Å². The van der Waals surface area contributed by atoms with Gasteiger partial charge in [0.15, 0.2) is 5.96 Å². The number of nitrogens with two attached hydrogens (primary N) is 1. The number of aliphatic imine (C=N–C) groups is 1. The van der Waals surface area contributed by atoms with Gasteiger partial charge in [0.25, 0.3) is 0 Å². The van der Waals surface area contributed by atoms with Crippen LogP contribution in [-0.4, -0.2) is 44.1 Å². The number of nitrogens with zero attached hydrogens (tertiary/aromatic N) is 2. The summed E-state index contributed by atoms with van der Waals surface area (Å²) in [5.74, 6) is 0.907. The van der Waals surface area contributed by atoms with Crippen molar-refractivity contribution in [1.82, 2.24) is 4.90 Å². The van der Waals surface area contributed by atoms with E-state index in [2.05, 4.69) is 4.99 Å². The number of guanidine groups is 1. The molecule has 0 fully saturated rings. The highest BCUT2D eigenvalue weighted by atomic mass is 35.5. The van der Waals surface area contributed by atoms with E-state index in [-0.39, 0.29) is 18.3 Å². The van der Waals surface area contributed by atoms with Crippen molar-refractivity contribution in [2.24, 2.45) is 10.7 Å². The van der Waals surface area contributed by atoms with E-state index in [1.165, 1.54) is 4.90 Å². The van der Waals surface area contributed by atoms with E-state index in [1.54, 1.807) is 14.2 Å². The highest BCUT2D eigenvalue weighted by Crippen LogP contribution is 2.38. The van der Waals surface area contributed by atoms with E-state index >= 15 is 0 Å². The summed E-state index contributed by atoms with van der Waals surface area (Å²) in [6, 6.07) is 13.5. The molecule has 29 heavy (non-hydrogen) atoms. The van der Waals surface area contributed by atoms with Crippen molar-refractivity contribution < 1.29 is 14.3 Å². The van der Waals surface area contributed by atoms with Gasteiger partial charge >= 0.3 is 0 Å². The summed E-state index contributed by atoms with van der Waals surface area (Å²) in [7, 11) is 3.30. The van der Waals surface area contributed by atoms with Crippen LogP contribution >= 0.6 is 11.6 Å². The van der Waals surface area contributed by atoms with Crippen molar-refractivity contribution >= 4 is 23.5 Å². The molecule has 1 amide bonds. The van der Waals surface area contributed by atoms with E-state index in [9.17, 15) is 4.79 Å². The fourth-order valence-electron chi connectivity index (χ4n) is 3.34. The number of carbonyl (C=O) groups is 1. The van der Waals surface area contributed by atoms with Gasteiger partial charge in [-0.1, -0.05) is 29.8 Å². The third-order valence-electron chi connectivity index (χ3n) is 5.06. The number of carbonyl (C=O) groups excluding carboxylic acids is 1. The molecule has 0 radical (unpaired) electrons. The molecule has 7 heteroatoms. The molecule has 154 valence electrons. The van der Waals surface area contributed by atoms with Crippen molar-refractivity contribution in [2.75, 3.05) is 27.4 Å². The zero-order chi connectivity index (χ0) is 21.0. The second-order valence-corrected chi connectivity index (χ2v) is 7.73. The Bertz CT molecular complexity index is 931. The summed E-state index contributed by atoms with van der Waals surface area (Å²) in [5, 5.41) is 0.623. The van der Waals surface area contributed by atoms with Crippen molar-refractivity contribution in [3.8, 4) is 16.9 Å². The zero-order valence-electron chi connectivity index (χ0n) is 16.9. The maximum atomic E-state index is 12.3. The van der Waals surface area contributed by atoms with Crippen LogP contribution in [0.5, 0.6) is 5.75 Å². The maximum absolute atomic E-state index is 12.3. The second kappa shape index (κ2) is 8.84. The Balaban J connectivity index is 1.96. The summed E-state index contributed by atoms with van der Waals surface area (Å²) in [5.41, 5.74) is 7.97. The van der Waals surface area contributed by atoms with Gasteiger partial charge in [-0.2, -0.15) is 0 Å². The molecule has 2 aromatic rings. The Morgan fingerprint density at radius 3 is 2.76 bits per heavy atom. The van der Waals surface area contributed by atoms with Gasteiger partial charge < -0.3 is 15.2 Å². The van der Waals surface area contributed by atoms with Gasteiger partial charge in [0.1, 0.15) is 5.75 Å². The Kier molecular flexibility index (Phi) is 6.45. The molecule has 0 aromatic heterocycles. The largest absolute Gasteiger partial charge is 0.493 e. The molecule has 0 spiro atoms. The first kappa shape index (κ1) is 21.1. The summed E-state index contributed by atoms with van der Waals surface area (Å²) >= 11 is 6.26. The molecule has 1 heterocycles. The molecule has 0 saturated heterocycles. The minimum Gasteiger partial charge on any atom is -0.493 e. The van der Waals surface area contributed by atoms with Gasteiger partial charge in [0.05, 0.1) is 18.6 Å². The van der Waals surface area contributed by atoms with E-state index in [0.717, 1.165) is 28.9 Å². The molecule has 2 N–H and O–H groups in total. The molecule has 6 nitrogen and oxygen atoms in total. The molecule has 0 bridgehead atoms. The van der Waals surface area contributed by atoms with Crippen molar-refractivity contribution in [2.45, 2.75) is 25.3 Å². The van der Waals surface area contributed by atoms with Gasteiger partial charge in [-0.3, -0.25) is 9.69 Å². The van der Waals surface area contributed by atoms with Crippen LogP contribution in [-0.2, 0) is 15.1 Å². The molecule has 0 saturated carbocycles. The van der Waals surface area contributed by atoms with Gasteiger partial charge in [-0.05, 0) is 42.3 Å². The van der Waals surface area contributed by atoms with E-state index in [4.69, 9.17) is 26.8 Å². The molecular weight excluding hydrogens is 390 g/mol. The monoisotopic (exact) mass is 415 g/mol. The van der Waals surface area contributed by atoms with Crippen LogP contribution < -0.4 is 10.5 Å². The van der Waals surface area contributed by atoms with Crippen LogP contribution in [0.2, 0.25) is 5.02 Å². The molecule has 2 aromatic carbocycles. The summed E-state index contributed by atoms with van der Waals surface area (Å²) in [6.07, 6.45) is 1.05. The number of methoxy groups -OCH3 is 1. The Labute approximate surface area is 176 Å². The lowest BCUT2D eigenvalue weighted by Gasteiger charge is -2.33. The first-order chi connectivity index (χ1) is 13.8. The Morgan fingerprint density at radius 1 is 1.24 bits per heavy atom. The smallest absolute Gasteiger partial charge is 0.231 e. The average Bonchev–Trinajstić information content (AvgIpc) is 2.70. The van der Waals surface area contributed by atoms with Crippen LogP contribution in [0, 0.1) is 0 Å². The Morgan fingerprint density at radius 2 is 2.03 bits per heavy atom. The lowest BCUT2D eigenvalue weighted by molar-refractivity contribution is -0.128. The van der Waals surface area contributed by atoms with Gasteiger partial charge in [0.2, 0.25) is 5.91 Å². The van der Waals surface area contributed by atoms with Crippen molar-refractivity contribution in [1.29, 1.82) is 0 Å². The van der Waals surface area contributed by atoms with Crippen LogP contribution in [0.3, 0.4) is 0 Å². The number of halogens is 1. The predicted molar refractivity (Wildman–Crippen MR) is 115 cm³/mol. The SMILES string of the molecule is COCCCOc1ccc(Cl)cc1-c1cccc([C@]2(C)CC(=O)N(C)C(N)=N2)c1. The summed E-state index contributed by atoms with van der Waals surface area (Å²) < 4.78 is 11.0. The molecule has 3 rings (SSSR count). The minimum atomic E-state index is -0.720. The molecule has 1 atom stereocenters. The number of hydrogen-bond acceptors (Lipinski definition) is 5. The zero-order valence-corrected chi connectivity index (χ0v) is 17.7. The topological polar surface area (TPSA) is 77.2 Å². The van der Waals surface area contributed by atoms with Crippen LogP contribution in [0.1, 0.15) is 25.3 Å². The third kappa shape index (κ3) is 4.71. The first-order valence-corrected chi connectivity index (χ1v) is 9.86. The van der Waals surface area contributed by atoms with Crippen LogP contribution in [0.4, 0.5) is 0 Å². The standard InChI is InChI=1S/C22H26ClN3O3/c1-22(14-20(27)26(2)21(24)25-22)16-7-4-6-15(12-16)18-13-17(23)8-9-19(18)29-11-5-10-28-3/h4,6-9,12-13H,5,10-11,14H2,1-3H3,(H2,24,25)/t22-/m0/s1. The number of rotatable bonds is 7. The maximum Gasteiger partial charge on any atom is 0.231 e. The average molecular weight is 416 g/mol. The third-order valence-corrected chi connectivity index (χ3v) is 5.30. The molecular formula is C22H26ClN3O3. The molecule has 0 unspecified atom stereocenters. The van der Waals surface area contributed by atoms with Crippen LogP contribution in [0.25, 0.3) is 11.1 Å². The van der Waals surface area contributed by atoms with E-state index < -0.39 is 5.54 Å². The molecule has 0 aliphatic carbocycles. The fraction of sp³-hybridized carbons (Fsp3) is 0.364. The summed E-state index contributed by atoms with van der Waals surface area (Å²) in [6.45, 7) is 3.10. The summed E-state index contributed by atoms with van der Waals surface area (Å²) in [4.78, 5) is 18.3. The highest BCUT2D eigenvalue weighted by Gasteiger charge is 2.36. The fourth-order valence-corrected chi connectivity index (χ4v) is 3.51. The van der Waals surface area contributed by atoms with Crippen molar-refractivity contribution in [3.63, 3.8) is 0 Å². The Hall–Kier alpha value is -2.57. The molecule has 1 aliphatic rings. The number of ether oxygens (including phenoxy) is 2. The normalized spacial score (nSPS) is 19.2. The number of hydrogen-bond donors (Lipinski definition) is 1. The number of amides is 1. The van der Waals surface area contributed by atoms with Gasteiger partial charge in [-0.15, -0.1) is 0 Å². The quantitative estimate of drug-likeness (QED) is 0.697. The lowest BCUT2D eigenvalue weighted by Crippen LogP contribution is -2.47. The van der Waals surface area contributed by atoms with Crippen molar-refractivity contribution in [3.05, 3.63) is 53.1 Å². The van der Waals surface area contributed by atoms with Gasteiger partial charge in [-0.25, -0.2) is 4.99 Å². The first-order valence-electron chi connectivity index (χ1n) is 9.48. The predicted octanol–water partition coefficient (Wildman–Crippen LogP) is 3.81. The number of benzene rings is 2. The van der Waals surface area contributed by atoms with Gasteiger partial charge in [0, 0.05) is 37.8 Å².